The maximum Gasteiger partial charge on any atom is 0.256 e. The van der Waals surface area contributed by atoms with E-state index in [1.165, 1.54) is 12.2 Å². The van der Waals surface area contributed by atoms with Crippen molar-refractivity contribution < 1.29 is 14.4 Å². The molecule has 110 valence electrons. The van der Waals surface area contributed by atoms with Crippen LogP contribution < -0.4 is 0 Å². The van der Waals surface area contributed by atoms with E-state index in [1.807, 2.05) is 24.3 Å². The van der Waals surface area contributed by atoms with Gasteiger partial charge in [0.05, 0.1) is 18.6 Å². The number of hydroxylamine groups is 2. The molecule has 3 rings (SSSR count). The Bertz CT molecular complexity index is 688. The molecule has 0 atom stereocenters. The van der Waals surface area contributed by atoms with Crippen molar-refractivity contribution in [3.05, 3.63) is 36.0 Å². The Morgan fingerprint density at radius 2 is 2.05 bits per heavy atom. The second-order valence-corrected chi connectivity index (χ2v) is 5.17. The van der Waals surface area contributed by atoms with Crippen LogP contribution in [0, 0.1) is 5.92 Å². The van der Waals surface area contributed by atoms with Crippen LogP contribution in [0.2, 0.25) is 0 Å². The van der Waals surface area contributed by atoms with E-state index in [1.54, 1.807) is 18.1 Å². The highest BCUT2D eigenvalue weighted by Gasteiger charge is 2.38. The minimum absolute atomic E-state index is 0.0448. The van der Waals surface area contributed by atoms with E-state index in [-0.39, 0.29) is 17.7 Å². The fourth-order valence-corrected chi connectivity index (χ4v) is 2.57. The third-order valence-corrected chi connectivity index (χ3v) is 3.92. The minimum atomic E-state index is -0.177. The number of aromatic amines is 1. The predicted octanol–water partition coefficient (Wildman–Crippen LogP) is 1.26. The van der Waals surface area contributed by atoms with Crippen LogP contribution >= 0.6 is 0 Å². The van der Waals surface area contributed by atoms with Gasteiger partial charge >= 0.3 is 0 Å². The molecule has 1 aliphatic rings. The van der Waals surface area contributed by atoms with Crippen molar-refractivity contribution in [1.82, 2.24) is 14.9 Å². The van der Waals surface area contributed by atoms with Crippen molar-refractivity contribution in [2.45, 2.75) is 0 Å². The largest absolute Gasteiger partial charge is 0.360 e. The van der Waals surface area contributed by atoms with Crippen molar-refractivity contribution in [2.24, 2.45) is 5.92 Å². The molecule has 0 unspecified atom stereocenters. The monoisotopic (exact) mass is 287 g/mol. The van der Waals surface area contributed by atoms with E-state index in [2.05, 4.69) is 4.98 Å². The third-order valence-electron chi connectivity index (χ3n) is 3.92. The maximum absolute atomic E-state index is 12.5. The highest BCUT2D eigenvalue weighted by molar-refractivity contribution is 6.07. The summed E-state index contributed by atoms with van der Waals surface area (Å²) < 4.78 is 0. The zero-order chi connectivity index (χ0) is 15.0. The first-order valence-electron chi connectivity index (χ1n) is 6.79. The highest BCUT2D eigenvalue weighted by Crippen LogP contribution is 2.24. The molecular weight excluding hydrogens is 270 g/mol. The molecule has 1 N–H and O–H groups in total. The SMILES string of the molecule is CON(C)C(=O)C1CN(C(=O)c2c[nH]c3ccccc23)C1. The molecule has 1 aliphatic heterocycles. The molecule has 0 spiro atoms. The number of aromatic nitrogens is 1. The first-order chi connectivity index (χ1) is 10.1. The lowest BCUT2D eigenvalue weighted by atomic mass is 9.97. The molecule has 2 amide bonds. The molecule has 2 aromatic rings. The van der Waals surface area contributed by atoms with Crippen molar-refractivity contribution in [1.29, 1.82) is 0 Å². The Balaban J connectivity index is 1.70. The van der Waals surface area contributed by atoms with Gasteiger partial charge in [0.15, 0.2) is 0 Å². The van der Waals surface area contributed by atoms with Gasteiger partial charge in [0.2, 0.25) is 0 Å². The average Bonchev–Trinajstić information content (AvgIpc) is 2.88. The number of nitrogens with zero attached hydrogens (tertiary/aromatic N) is 2. The van der Waals surface area contributed by atoms with Crippen molar-refractivity contribution >= 4 is 22.7 Å². The number of benzene rings is 1. The molecule has 0 aliphatic carbocycles. The summed E-state index contributed by atoms with van der Waals surface area (Å²) in [5.74, 6) is -0.318. The van der Waals surface area contributed by atoms with Gasteiger partial charge in [-0.25, -0.2) is 5.06 Å². The summed E-state index contributed by atoms with van der Waals surface area (Å²) in [5.41, 5.74) is 1.59. The summed E-state index contributed by atoms with van der Waals surface area (Å²) in [4.78, 5) is 34.0. The molecule has 1 fully saturated rings. The maximum atomic E-state index is 12.5. The summed E-state index contributed by atoms with van der Waals surface area (Å²) in [7, 11) is 3.03. The Morgan fingerprint density at radius 3 is 2.76 bits per heavy atom. The van der Waals surface area contributed by atoms with Crippen LogP contribution in [0.1, 0.15) is 10.4 Å². The summed E-state index contributed by atoms with van der Waals surface area (Å²) in [6.07, 6.45) is 1.73. The molecule has 2 heterocycles. The van der Waals surface area contributed by atoms with E-state index in [0.717, 1.165) is 10.9 Å². The zero-order valence-corrected chi connectivity index (χ0v) is 12.0. The molecule has 1 aromatic carbocycles. The van der Waals surface area contributed by atoms with Gasteiger partial charge in [-0.15, -0.1) is 0 Å². The van der Waals surface area contributed by atoms with Crippen LogP contribution in [0.3, 0.4) is 0 Å². The van der Waals surface area contributed by atoms with Gasteiger partial charge in [0, 0.05) is 37.2 Å². The molecule has 0 radical (unpaired) electrons. The molecule has 21 heavy (non-hydrogen) atoms. The first kappa shape index (κ1) is 13.6. The number of nitrogens with one attached hydrogen (secondary N) is 1. The lowest BCUT2D eigenvalue weighted by Gasteiger charge is -2.39. The Kier molecular flexibility index (Phi) is 3.39. The number of carbonyl (C=O) groups excluding carboxylic acids is 2. The van der Waals surface area contributed by atoms with Crippen LogP contribution in [0.25, 0.3) is 10.9 Å². The molecule has 0 saturated carbocycles. The number of H-pyrrole nitrogens is 1. The molecule has 0 bridgehead atoms. The van der Waals surface area contributed by atoms with E-state index in [4.69, 9.17) is 4.84 Å². The fraction of sp³-hybridized carbons (Fsp3) is 0.333. The van der Waals surface area contributed by atoms with Gasteiger partial charge in [-0.05, 0) is 6.07 Å². The number of hydrogen-bond donors (Lipinski definition) is 1. The Hall–Kier alpha value is -2.34. The van der Waals surface area contributed by atoms with Crippen LogP contribution in [-0.2, 0) is 9.63 Å². The third kappa shape index (κ3) is 2.27. The van der Waals surface area contributed by atoms with E-state index in [9.17, 15) is 9.59 Å². The van der Waals surface area contributed by atoms with Crippen molar-refractivity contribution in [2.75, 3.05) is 27.2 Å². The minimum Gasteiger partial charge on any atom is -0.360 e. The average molecular weight is 287 g/mol. The lowest BCUT2D eigenvalue weighted by Crippen LogP contribution is -2.55. The molecule has 1 saturated heterocycles. The van der Waals surface area contributed by atoms with Gasteiger partial charge in [-0.3, -0.25) is 14.4 Å². The predicted molar refractivity (Wildman–Crippen MR) is 77.5 cm³/mol. The quantitative estimate of drug-likeness (QED) is 0.864. The summed E-state index contributed by atoms with van der Waals surface area (Å²) in [6, 6.07) is 7.68. The number of likely N-dealkylation sites (tertiary alicyclic amines) is 1. The topological polar surface area (TPSA) is 65.6 Å². The van der Waals surface area contributed by atoms with E-state index in [0.29, 0.717) is 18.7 Å². The molecule has 6 heteroatoms. The lowest BCUT2D eigenvalue weighted by molar-refractivity contribution is -0.177. The van der Waals surface area contributed by atoms with Gasteiger partial charge < -0.3 is 9.88 Å². The van der Waals surface area contributed by atoms with Crippen LogP contribution in [-0.4, -0.2) is 54.0 Å². The standard InChI is InChI=1S/C15H17N3O3/c1-17(21-2)14(19)10-8-18(9-10)15(20)12-7-16-13-6-4-3-5-11(12)13/h3-7,10,16H,8-9H2,1-2H3. The summed E-state index contributed by atoms with van der Waals surface area (Å²) in [5, 5.41) is 2.12. The second-order valence-electron chi connectivity index (χ2n) is 5.17. The number of para-hydroxylation sites is 1. The van der Waals surface area contributed by atoms with Gasteiger partial charge in [0.25, 0.3) is 11.8 Å². The second kappa shape index (κ2) is 5.21. The van der Waals surface area contributed by atoms with Crippen LogP contribution in [0.5, 0.6) is 0 Å². The van der Waals surface area contributed by atoms with E-state index >= 15 is 0 Å². The van der Waals surface area contributed by atoms with Gasteiger partial charge in [0.1, 0.15) is 0 Å². The first-order valence-corrected chi connectivity index (χ1v) is 6.79. The Morgan fingerprint density at radius 1 is 1.33 bits per heavy atom. The normalized spacial score (nSPS) is 15.0. The number of rotatable bonds is 3. The smallest absolute Gasteiger partial charge is 0.256 e. The summed E-state index contributed by atoms with van der Waals surface area (Å²) >= 11 is 0. The molecular formula is C15H17N3O3. The molecule has 6 nitrogen and oxygen atoms in total. The summed E-state index contributed by atoms with van der Waals surface area (Å²) in [6.45, 7) is 0.871. The number of amides is 2. The molecule has 1 aromatic heterocycles. The zero-order valence-electron chi connectivity index (χ0n) is 12.0. The number of fused-ring (bicyclic) bond motifs is 1. The van der Waals surface area contributed by atoms with Crippen molar-refractivity contribution in [3.8, 4) is 0 Å². The highest BCUT2D eigenvalue weighted by atomic mass is 16.7. The van der Waals surface area contributed by atoms with Crippen LogP contribution in [0.4, 0.5) is 0 Å². The van der Waals surface area contributed by atoms with Gasteiger partial charge in [-0.1, -0.05) is 18.2 Å². The number of carbonyl (C=O) groups is 2. The Labute approximate surface area is 122 Å². The fourth-order valence-electron chi connectivity index (χ4n) is 2.57. The van der Waals surface area contributed by atoms with E-state index < -0.39 is 0 Å². The van der Waals surface area contributed by atoms with Gasteiger partial charge in [-0.2, -0.15) is 0 Å². The van der Waals surface area contributed by atoms with Crippen molar-refractivity contribution in [3.63, 3.8) is 0 Å². The number of hydrogen-bond acceptors (Lipinski definition) is 3. The van der Waals surface area contributed by atoms with Crippen LogP contribution in [0.15, 0.2) is 30.5 Å².